The van der Waals surface area contributed by atoms with E-state index in [1.54, 1.807) is 6.08 Å². The predicted molar refractivity (Wildman–Crippen MR) is 45.0 cm³/mol. The first-order valence-corrected chi connectivity index (χ1v) is 3.62. The standard InChI is InChI=1S/C8H15NO2/c1-5-7(6-9(10)11)8(2,3)4/h5,7H,1,6H2,2-4H3. The molecule has 0 spiro atoms. The highest BCUT2D eigenvalue weighted by atomic mass is 16.6. The first-order valence-electron chi connectivity index (χ1n) is 3.62. The Hall–Kier alpha value is -0.860. The van der Waals surface area contributed by atoms with Crippen LogP contribution in [-0.2, 0) is 0 Å². The van der Waals surface area contributed by atoms with Gasteiger partial charge in [0.2, 0.25) is 6.54 Å². The summed E-state index contributed by atoms with van der Waals surface area (Å²) in [6.07, 6.45) is 1.66. The lowest BCUT2D eigenvalue weighted by molar-refractivity contribution is -0.488. The summed E-state index contributed by atoms with van der Waals surface area (Å²) < 4.78 is 0. The molecule has 1 atom stereocenters. The molecule has 0 saturated carbocycles. The van der Waals surface area contributed by atoms with Gasteiger partial charge in [0, 0.05) is 10.8 Å². The highest BCUT2D eigenvalue weighted by Crippen LogP contribution is 2.26. The van der Waals surface area contributed by atoms with E-state index in [1.807, 2.05) is 20.8 Å². The molecule has 0 aromatic heterocycles. The minimum absolute atomic E-state index is 0.0208. The van der Waals surface area contributed by atoms with Crippen molar-refractivity contribution >= 4 is 0 Å². The van der Waals surface area contributed by atoms with Crippen LogP contribution in [0.15, 0.2) is 12.7 Å². The number of hydrogen-bond donors (Lipinski definition) is 0. The minimum Gasteiger partial charge on any atom is -0.265 e. The Morgan fingerprint density at radius 3 is 2.18 bits per heavy atom. The quantitative estimate of drug-likeness (QED) is 0.357. The third kappa shape index (κ3) is 3.75. The van der Waals surface area contributed by atoms with Gasteiger partial charge >= 0.3 is 0 Å². The number of nitrogens with zero attached hydrogens (tertiary/aromatic N) is 1. The maximum absolute atomic E-state index is 10.2. The maximum Gasteiger partial charge on any atom is 0.210 e. The zero-order chi connectivity index (χ0) is 9.07. The van der Waals surface area contributed by atoms with Crippen molar-refractivity contribution in [2.24, 2.45) is 11.3 Å². The highest BCUT2D eigenvalue weighted by molar-refractivity contribution is 4.87. The van der Waals surface area contributed by atoms with E-state index in [1.165, 1.54) is 0 Å². The number of nitro groups is 1. The van der Waals surface area contributed by atoms with Gasteiger partial charge in [-0.15, -0.1) is 6.58 Å². The van der Waals surface area contributed by atoms with Gasteiger partial charge in [-0.1, -0.05) is 26.8 Å². The van der Waals surface area contributed by atoms with E-state index in [0.29, 0.717) is 0 Å². The SMILES string of the molecule is C=CC(C[N+](=O)[O-])C(C)(C)C. The van der Waals surface area contributed by atoms with Gasteiger partial charge in [-0.25, -0.2) is 0 Å². The lowest BCUT2D eigenvalue weighted by atomic mass is 9.81. The second kappa shape index (κ2) is 3.51. The summed E-state index contributed by atoms with van der Waals surface area (Å²) >= 11 is 0. The van der Waals surface area contributed by atoms with Crippen molar-refractivity contribution in [3.63, 3.8) is 0 Å². The van der Waals surface area contributed by atoms with E-state index >= 15 is 0 Å². The monoisotopic (exact) mass is 157 g/mol. The van der Waals surface area contributed by atoms with Gasteiger partial charge in [0.25, 0.3) is 0 Å². The van der Waals surface area contributed by atoms with E-state index in [9.17, 15) is 10.1 Å². The maximum atomic E-state index is 10.2. The van der Waals surface area contributed by atoms with Crippen molar-refractivity contribution in [1.29, 1.82) is 0 Å². The summed E-state index contributed by atoms with van der Waals surface area (Å²) in [5.41, 5.74) is -0.0607. The van der Waals surface area contributed by atoms with Crippen LogP contribution in [0.4, 0.5) is 0 Å². The van der Waals surface area contributed by atoms with Crippen molar-refractivity contribution in [2.75, 3.05) is 6.54 Å². The Labute approximate surface area is 67.3 Å². The minimum atomic E-state index is -0.294. The fourth-order valence-corrected chi connectivity index (χ4v) is 0.863. The third-order valence-corrected chi connectivity index (χ3v) is 1.74. The summed E-state index contributed by atoms with van der Waals surface area (Å²) in [6, 6.07) is 0. The Kier molecular flexibility index (Phi) is 3.23. The molecule has 0 radical (unpaired) electrons. The first kappa shape index (κ1) is 10.1. The zero-order valence-electron chi connectivity index (χ0n) is 7.33. The number of hydrogen-bond acceptors (Lipinski definition) is 2. The van der Waals surface area contributed by atoms with Crippen LogP contribution in [0.1, 0.15) is 20.8 Å². The molecule has 0 amide bonds. The molecule has 0 N–H and O–H groups in total. The molecule has 3 heteroatoms. The van der Waals surface area contributed by atoms with Gasteiger partial charge in [0.05, 0.1) is 0 Å². The Bertz CT molecular complexity index is 158. The van der Waals surface area contributed by atoms with E-state index < -0.39 is 0 Å². The molecule has 11 heavy (non-hydrogen) atoms. The zero-order valence-corrected chi connectivity index (χ0v) is 7.33. The van der Waals surface area contributed by atoms with Gasteiger partial charge in [0.1, 0.15) is 0 Å². The van der Waals surface area contributed by atoms with Crippen molar-refractivity contribution in [3.8, 4) is 0 Å². The molecule has 0 saturated heterocycles. The van der Waals surface area contributed by atoms with Crippen LogP contribution in [0.3, 0.4) is 0 Å². The summed E-state index contributed by atoms with van der Waals surface area (Å²) in [4.78, 5) is 9.88. The summed E-state index contributed by atoms with van der Waals surface area (Å²) in [5, 5.41) is 10.2. The Morgan fingerprint density at radius 1 is 1.64 bits per heavy atom. The largest absolute Gasteiger partial charge is 0.265 e. The van der Waals surface area contributed by atoms with E-state index in [0.717, 1.165) is 0 Å². The van der Waals surface area contributed by atoms with Crippen molar-refractivity contribution in [3.05, 3.63) is 22.8 Å². The van der Waals surface area contributed by atoms with Gasteiger partial charge in [0.15, 0.2) is 0 Å². The molecule has 64 valence electrons. The first-order chi connectivity index (χ1) is 4.88. The Morgan fingerprint density at radius 2 is 2.09 bits per heavy atom. The van der Waals surface area contributed by atoms with Crippen LogP contribution in [0, 0.1) is 21.4 Å². The molecular formula is C8H15NO2. The summed E-state index contributed by atoms with van der Waals surface area (Å²) in [5.74, 6) is -0.0440. The molecule has 3 nitrogen and oxygen atoms in total. The second-order valence-corrected chi connectivity index (χ2v) is 3.72. The molecule has 0 aromatic rings. The summed E-state index contributed by atoms with van der Waals surface area (Å²) in [7, 11) is 0. The molecule has 0 bridgehead atoms. The van der Waals surface area contributed by atoms with Gasteiger partial charge in [-0.2, -0.15) is 0 Å². The second-order valence-electron chi connectivity index (χ2n) is 3.72. The van der Waals surface area contributed by atoms with Gasteiger partial charge < -0.3 is 0 Å². The van der Waals surface area contributed by atoms with E-state index in [-0.39, 0.29) is 22.8 Å². The number of rotatable bonds is 3. The van der Waals surface area contributed by atoms with Crippen LogP contribution in [0.25, 0.3) is 0 Å². The topological polar surface area (TPSA) is 43.1 Å². The van der Waals surface area contributed by atoms with Crippen LogP contribution in [0.5, 0.6) is 0 Å². The average molecular weight is 157 g/mol. The lowest BCUT2D eigenvalue weighted by Crippen LogP contribution is -2.25. The molecule has 0 aliphatic rings. The highest BCUT2D eigenvalue weighted by Gasteiger charge is 2.25. The Balaban J connectivity index is 4.18. The van der Waals surface area contributed by atoms with Crippen LogP contribution in [0.2, 0.25) is 0 Å². The van der Waals surface area contributed by atoms with E-state index in [4.69, 9.17) is 0 Å². The lowest BCUT2D eigenvalue weighted by Gasteiger charge is -2.24. The molecule has 1 unspecified atom stereocenters. The van der Waals surface area contributed by atoms with Crippen molar-refractivity contribution in [1.82, 2.24) is 0 Å². The van der Waals surface area contributed by atoms with Crippen LogP contribution in [-0.4, -0.2) is 11.5 Å². The van der Waals surface area contributed by atoms with Crippen LogP contribution >= 0.6 is 0 Å². The normalized spacial score (nSPS) is 14.1. The molecule has 0 heterocycles. The average Bonchev–Trinajstić information content (AvgIpc) is 1.79. The molecule has 0 fully saturated rings. The molecule has 0 rings (SSSR count). The molecule has 0 aromatic carbocycles. The van der Waals surface area contributed by atoms with Gasteiger partial charge in [-0.3, -0.25) is 10.1 Å². The van der Waals surface area contributed by atoms with Crippen molar-refractivity contribution in [2.45, 2.75) is 20.8 Å². The smallest absolute Gasteiger partial charge is 0.210 e. The fraction of sp³-hybridized carbons (Fsp3) is 0.750. The third-order valence-electron chi connectivity index (χ3n) is 1.74. The fourth-order valence-electron chi connectivity index (χ4n) is 0.863. The van der Waals surface area contributed by atoms with E-state index in [2.05, 4.69) is 6.58 Å². The molecule has 0 aliphatic carbocycles. The van der Waals surface area contributed by atoms with Crippen molar-refractivity contribution < 1.29 is 4.92 Å². The predicted octanol–water partition coefficient (Wildman–Crippen LogP) is 2.11. The molecular weight excluding hydrogens is 142 g/mol. The van der Waals surface area contributed by atoms with Crippen LogP contribution < -0.4 is 0 Å². The van der Waals surface area contributed by atoms with Gasteiger partial charge in [-0.05, 0) is 5.41 Å². The summed E-state index contributed by atoms with van der Waals surface area (Å²) in [6.45, 7) is 9.48. The molecule has 0 aliphatic heterocycles.